The van der Waals surface area contributed by atoms with Gasteiger partial charge in [0.2, 0.25) is 0 Å². The first kappa shape index (κ1) is 19.5. The van der Waals surface area contributed by atoms with E-state index in [2.05, 4.69) is 5.32 Å². The minimum absolute atomic E-state index is 0.0377. The number of ether oxygens (including phenoxy) is 2. The molecule has 6 nitrogen and oxygen atoms in total. The summed E-state index contributed by atoms with van der Waals surface area (Å²) in [7, 11) is 0. The summed E-state index contributed by atoms with van der Waals surface area (Å²) in [5, 5.41) is 14.9. The molecule has 152 valence electrons. The summed E-state index contributed by atoms with van der Waals surface area (Å²) < 4.78 is 17.3. The van der Waals surface area contributed by atoms with Gasteiger partial charge in [-0.1, -0.05) is 18.2 Å². The first-order chi connectivity index (χ1) is 13.9. The molecular weight excluding hydrogens is 390 g/mol. The smallest absolute Gasteiger partial charge is 0.258 e. The Morgan fingerprint density at radius 3 is 2.93 bits per heavy atom. The van der Waals surface area contributed by atoms with E-state index in [0.717, 1.165) is 16.9 Å². The molecule has 1 aliphatic heterocycles. The molecule has 0 bridgehead atoms. The van der Waals surface area contributed by atoms with Crippen LogP contribution in [0, 0.1) is 0 Å². The third-order valence-corrected chi connectivity index (χ3v) is 5.51. The predicted molar refractivity (Wildman–Crippen MR) is 110 cm³/mol. The summed E-state index contributed by atoms with van der Waals surface area (Å²) in [5.41, 5.74) is 0.793. The Morgan fingerprint density at radius 2 is 2.14 bits per heavy atom. The van der Waals surface area contributed by atoms with Crippen molar-refractivity contribution in [1.29, 1.82) is 0 Å². The second kappa shape index (κ2) is 7.93. The Hall–Kier alpha value is -2.77. The van der Waals surface area contributed by atoms with Gasteiger partial charge in [-0.05, 0) is 43.5 Å². The fraction of sp³-hybridized carbons (Fsp3) is 0.318. The SMILES string of the molecule is CC1(C)Cc2cccc(OCC(=O)NCC(O)c3ccc(-c4cccs4)o3)c2O1. The zero-order valence-corrected chi connectivity index (χ0v) is 17.1. The van der Waals surface area contributed by atoms with Gasteiger partial charge in [-0.15, -0.1) is 11.3 Å². The molecule has 2 N–H and O–H groups in total. The zero-order valence-electron chi connectivity index (χ0n) is 16.3. The molecule has 3 heterocycles. The number of carbonyl (C=O) groups is 1. The Morgan fingerprint density at radius 1 is 1.28 bits per heavy atom. The monoisotopic (exact) mass is 413 g/mol. The van der Waals surface area contributed by atoms with E-state index in [1.165, 1.54) is 0 Å². The van der Waals surface area contributed by atoms with Crippen LogP contribution in [0.2, 0.25) is 0 Å². The number of benzene rings is 1. The van der Waals surface area contributed by atoms with Crippen LogP contribution in [0.4, 0.5) is 0 Å². The maximum absolute atomic E-state index is 12.2. The van der Waals surface area contributed by atoms with E-state index in [1.54, 1.807) is 23.5 Å². The third-order valence-electron chi connectivity index (χ3n) is 4.63. The lowest BCUT2D eigenvalue weighted by Crippen LogP contribution is -2.32. The second-order valence-electron chi connectivity index (χ2n) is 7.57. The molecular formula is C22H23NO5S. The molecule has 2 aromatic heterocycles. The number of para-hydroxylation sites is 1. The van der Waals surface area contributed by atoms with Crippen molar-refractivity contribution >= 4 is 17.2 Å². The third kappa shape index (κ3) is 4.46. The molecule has 3 aromatic rings. The number of rotatable bonds is 7. The molecule has 0 radical (unpaired) electrons. The van der Waals surface area contributed by atoms with Crippen LogP contribution < -0.4 is 14.8 Å². The largest absolute Gasteiger partial charge is 0.483 e. The second-order valence-corrected chi connectivity index (χ2v) is 8.52. The summed E-state index contributed by atoms with van der Waals surface area (Å²) in [5.74, 6) is 2.03. The van der Waals surface area contributed by atoms with Gasteiger partial charge in [0, 0.05) is 12.0 Å². The lowest BCUT2D eigenvalue weighted by atomic mass is 10.0. The summed E-state index contributed by atoms with van der Waals surface area (Å²) in [6.45, 7) is 3.91. The number of aliphatic hydroxyl groups excluding tert-OH is 1. The van der Waals surface area contributed by atoms with Crippen molar-refractivity contribution in [3.63, 3.8) is 0 Å². The van der Waals surface area contributed by atoms with E-state index in [4.69, 9.17) is 13.9 Å². The number of furan rings is 1. The normalized spacial score (nSPS) is 15.4. The quantitative estimate of drug-likeness (QED) is 0.613. The molecule has 0 saturated heterocycles. The number of aliphatic hydroxyl groups is 1. The average Bonchev–Trinajstić information content (AvgIpc) is 3.41. The number of fused-ring (bicyclic) bond motifs is 1. The van der Waals surface area contributed by atoms with Gasteiger partial charge in [0.05, 0.1) is 11.4 Å². The molecule has 0 fully saturated rings. The summed E-state index contributed by atoms with van der Waals surface area (Å²) in [6.07, 6.45) is -0.132. The first-order valence-electron chi connectivity index (χ1n) is 9.43. The highest BCUT2D eigenvalue weighted by molar-refractivity contribution is 7.13. The van der Waals surface area contributed by atoms with Crippen LogP contribution in [0.1, 0.15) is 31.3 Å². The van der Waals surface area contributed by atoms with E-state index in [9.17, 15) is 9.90 Å². The van der Waals surface area contributed by atoms with Crippen molar-refractivity contribution in [3.8, 4) is 22.1 Å². The van der Waals surface area contributed by atoms with Crippen molar-refractivity contribution in [3.05, 3.63) is 59.2 Å². The van der Waals surface area contributed by atoms with Crippen molar-refractivity contribution in [2.45, 2.75) is 32.0 Å². The standard InChI is InChI=1S/C22H23NO5S/c1-22(2)11-14-5-3-6-18(21(14)28-22)26-13-20(25)23-12-15(24)16-8-9-17(27-16)19-7-4-10-29-19/h3-10,15,24H,11-13H2,1-2H3,(H,23,25). The van der Waals surface area contributed by atoms with Gasteiger partial charge in [-0.2, -0.15) is 0 Å². The minimum atomic E-state index is -0.933. The molecule has 1 aliphatic rings. The molecule has 1 atom stereocenters. The van der Waals surface area contributed by atoms with Crippen molar-refractivity contribution in [2.24, 2.45) is 0 Å². The highest BCUT2D eigenvalue weighted by atomic mass is 32.1. The molecule has 1 amide bonds. The van der Waals surface area contributed by atoms with Crippen molar-refractivity contribution in [2.75, 3.05) is 13.2 Å². The summed E-state index contributed by atoms with van der Waals surface area (Å²) >= 11 is 1.56. The number of hydrogen-bond acceptors (Lipinski definition) is 6. The molecule has 29 heavy (non-hydrogen) atoms. The van der Waals surface area contributed by atoms with Gasteiger partial charge in [0.1, 0.15) is 23.2 Å². The number of nitrogens with one attached hydrogen (secondary N) is 1. The van der Waals surface area contributed by atoms with Crippen LogP contribution in [0.15, 0.2) is 52.3 Å². The molecule has 0 spiro atoms. The molecule has 0 aliphatic carbocycles. The number of hydrogen-bond donors (Lipinski definition) is 2. The number of carbonyl (C=O) groups excluding carboxylic acids is 1. The van der Waals surface area contributed by atoms with Crippen LogP contribution in [0.5, 0.6) is 11.5 Å². The molecule has 4 rings (SSSR count). The summed E-state index contributed by atoms with van der Waals surface area (Å²) in [4.78, 5) is 13.1. The topological polar surface area (TPSA) is 80.9 Å². The first-order valence-corrected chi connectivity index (χ1v) is 10.3. The predicted octanol–water partition coefficient (Wildman–Crippen LogP) is 3.95. The highest BCUT2D eigenvalue weighted by Gasteiger charge is 2.32. The highest BCUT2D eigenvalue weighted by Crippen LogP contribution is 2.41. The van der Waals surface area contributed by atoms with Gasteiger partial charge >= 0.3 is 0 Å². The van der Waals surface area contributed by atoms with Crippen molar-refractivity contribution < 1.29 is 23.8 Å². The van der Waals surface area contributed by atoms with E-state index in [-0.39, 0.29) is 24.7 Å². The lowest BCUT2D eigenvalue weighted by molar-refractivity contribution is -0.123. The van der Waals surface area contributed by atoms with Gasteiger partial charge in [0.25, 0.3) is 5.91 Å². The van der Waals surface area contributed by atoms with Crippen LogP contribution in [0.3, 0.4) is 0 Å². The van der Waals surface area contributed by atoms with Gasteiger partial charge < -0.3 is 24.3 Å². The van der Waals surface area contributed by atoms with Crippen LogP contribution >= 0.6 is 11.3 Å². The minimum Gasteiger partial charge on any atom is -0.483 e. The Balaban J connectivity index is 1.29. The van der Waals surface area contributed by atoms with Gasteiger partial charge in [0.15, 0.2) is 18.1 Å². The van der Waals surface area contributed by atoms with E-state index < -0.39 is 6.10 Å². The van der Waals surface area contributed by atoms with E-state index >= 15 is 0 Å². The van der Waals surface area contributed by atoms with Crippen LogP contribution in [0.25, 0.3) is 10.6 Å². The van der Waals surface area contributed by atoms with Gasteiger partial charge in [-0.3, -0.25) is 4.79 Å². The Kier molecular flexibility index (Phi) is 5.34. The average molecular weight is 413 g/mol. The maximum Gasteiger partial charge on any atom is 0.258 e. The Bertz CT molecular complexity index is 993. The molecule has 7 heteroatoms. The number of amides is 1. The van der Waals surface area contributed by atoms with Crippen LogP contribution in [-0.2, 0) is 11.2 Å². The molecule has 1 unspecified atom stereocenters. The lowest BCUT2D eigenvalue weighted by Gasteiger charge is -2.18. The summed E-state index contributed by atoms with van der Waals surface area (Å²) in [6, 6.07) is 13.1. The maximum atomic E-state index is 12.2. The van der Waals surface area contributed by atoms with E-state index in [0.29, 0.717) is 23.0 Å². The number of thiophene rings is 1. The molecule has 1 aromatic carbocycles. The zero-order chi connectivity index (χ0) is 20.4. The van der Waals surface area contributed by atoms with Crippen LogP contribution in [-0.4, -0.2) is 29.8 Å². The fourth-order valence-electron chi connectivity index (χ4n) is 3.29. The molecule has 0 saturated carbocycles. The van der Waals surface area contributed by atoms with E-state index in [1.807, 2.05) is 49.6 Å². The van der Waals surface area contributed by atoms with Gasteiger partial charge in [-0.25, -0.2) is 0 Å². The Labute approximate surface area is 173 Å². The van der Waals surface area contributed by atoms with Crippen molar-refractivity contribution in [1.82, 2.24) is 5.32 Å². The fourth-order valence-corrected chi connectivity index (χ4v) is 3.98.